The topological polar surface area (TPSA) is 39.2 Å². The van der Waals surface area contributed by atoms with Crippen LogP contribution in [0.3, 0.4) is 0 Å². The van der Waals surface area contributed by atoms with E-state index in [0.717, 1.165) is 6.07 Å². The zero-order valence-corrected chi connectivity index (χ0v) is 11.7. The van der Waals surface area contributed by atoms with Gasteiger partial charge in [-0.3, -0.25) is 4.79 Å². The van der Waals surface area contributed by atoms with Crippen molar-refractivity contribution in [2.45, 2.75) is 19.8 Å². The maximum atomic E-state index is 13.1. The Kier molecular flexibility index (Phi) is 4.79. The molecule has 0 N–H and O–H groups in total. The molecule has 1 aromatic carbocycles. The van der Waals surface area contributed by atoms with Crippen LogP contribution in [0, 0.1) is 11.6 Å². The van der Waals surface area contributed by atoms with Gasteiger partial charge in [0.25, 0.3) is 0 Å². The molecule has 0 saturated heterocycles. The molecule has 0 spiro atoms. The Balaban J connectivity index is 2.06. The van der Waals surface area contributed by atoms with E-state index in [4.69, 9.17) is 4.74 Å². The summed E-state index contributed by atoms with van der Waals surface area (Å²) in [6.07, 6.45) is 0.696. The lowest BCUT2D eigenvalue weighted by Gasteiger charge is -1.99. The highest BCUT2D eigenvalue weighted by Crippen LogP contribution is 2.25. The van der Waals surface area contributed by atoms with Gasteiger partial charge in [-0.25, -0.2) is 13.8 Å². The Morgan fingerprint density at radius 3 is 2.65 bits per heavy atom. The van der Waals surface area contributed by atoms with E-state index in [-0.39, 0.29) is 12.4 Å². The average molecular weight is 297 g/mol. The van der Waals surface area contributed by atoms with E-state index in [9.17, 15) is 13.6 Å². The predicted molar refractivity (Wildman–Crippen MR) is 72.4 cm³/mol. The number of hydrogen-bond acceptors (Lipinski definition) is 4. The van der Waals surface area contributed by atoms with Gasteiger partial charge in [-0.15, -0.1) is 11.3 Å². The van der Waals surface area contributed by atoms with E-state index in [0.29, 0.717) is 29.3 Å². The summed E-state index contributed by atoms with van der Waals surface area (Å²) in [5.74, 6) is -1.55. The van der Waals surface area contributed by atoms with Crippen LogP contribution in [0.2, 0.25) is 0 Å². The second-order valence-electron chi connectivity index (χ2n) is 4.11. The minimum Gasteiger partial charge on any atom is -0.466 e. The Bertz CT molecular complexity index is 593. The molecule has 0 aliphatic heterocycles. The third-order valence-corrected chi connectivity index (χ3v) is 3.49. The number of esters is 1. The molecule has 2 rings (SSSR count). The van der Waals surface area contributed by atoms with Crippen molar-refractivity contribution in [2.24, 2.45) is 0 Å². The highest BCUT2D eigenvalue weighted by molar-refractivity contribution is 7.13. The molecule has 6 heteroatoms. The first-order valence-electron chi connectivity index (χ1n) is 6.15. The van der Waals surface area contributed by atoms with Crippen molar-refractivity contribution < 1.29 is 18.3 Å². The highest BCUT2D eigenvalue weighted by Gasteiger charge is 2.09. The van der Waals surface area contributed by atoms with Crippen LogP contribution >= 0.6 is 11.3 Å². The quantitative estimate of drug-likeness (QED) is 0.792. The standard InChI is InChI=1S/C14H13F2NO2S/c1-2-19-13(18)4-3-12-8-20-14(17-12)9-5-10(15)7-11(16)6-9/h5-8H,2-4H2,1H3. The maximum absolute atomic E-state index is 13.1. The summed E-state index contributed by atoms with van der Waals surface area (Å²) in [6, 6.07) is 3.28. The maximum Gasteiger partial charge on any atom is 0.306 e. The van der Waals surface area contributed by atoms with Crippen molar-refractivity contribution >= 4 is 17.3 Å². The Morgan fingerprint density at radius 1 is 1.30 bits per heavy atom. The van der Waals surface area contributed by atoms with Gasteiger partial charge in [0.2, 0.25) is 0 Å². The number of thiazole rings is 1. The first kappa shape index (κ1) is 14.6. The second-order valence-corrected chi connectivity index (χ2v) is 4.97. The zero-order valence-electron chi connectivity index (χ0n) is 10.9. The SMILES string of the molecule is CCOC(=O)CCc1csc(-c2cc(F)cc(F)c2)n1. The number of nitrogens with zero attached hydrogens (tertiary/aromatic N) is 1. The van der Waals surface area contributed by atoms with Crippen molar-refractivity contribution in [2.75, 3.05) is 6.61 Å². The van der Waals surface area contributed by atoms with Gasteiger partial charge < -0.3 is 4.74 Å². The van der Waals surface area contributed by atoms with Crippen molar-refractivity contribution in [3.63, 3.8) is 0 Å². The third kappa shape index (κ3) is 3.84. The molecule has 0 radical (unpaired) electrons. The van der Waals surface area contributed by atoms with Crippen molar-refractivity contribution in [3.05, 3.63) is 40.9 Å². The fourth-order valence-corrected chi connectivity index (χ4v) is 2.54. The lowest BCUT2D eigenvalue weighted by molar-refractivity contribution is -0.143. The average Bonchev–Trinajstić information content (AvgIpc) is 2.84. The number of aryl methyl sites for hydroxylation is 1. The van der Waals surface area contributed by atoms with Gasteiger partial charge in [0.15, 0.2) is 0 Å². The summed E-state index contributed by atoms with van der Waals surface area (Å²) in [5, 5.41) is 2.31. The molecule has 0 unspecified atom stereocenters. The third-order valence-electron chi connectivity index (χ3n) is 2.55. The largest absolute Gasteiger partial charge is 0.466 e. The summed E-state index contributed by atoms with van der Waals surface area (Å²) in [6.45, 7) is 2.10. The number of carbonyl (C=O) groups excluding carboxylic acids is 1. The van der Waals surface area contributed by atoms with Crippen LogP contribution in [0.1, 0.15) is 19.0 Å². The molecular weight excluding hydrogens is 284 g/mol. The minimum atomic E-state index is -0.636. The Labute approximate surface area is 119 Å². The lowest BCUT2D eigenvalue weighted by atomic mass is 10.2. The van der Waals surface area contributed by atoms with Crippen LogP contribution in [0.15, 0.2) is 23.6 Å². The molecule has 0 aliphatic rings. The summed E-state index contributed by atoms with van der Waals surface area (Å²) in [4.78, 5) is 15.5. The van der Waals surface area contributed by atoms with Gasteiger partial charge in [0, 0.05) is 23.4 Å². The summed E-state index contributed by atoms with van der Waals surface area (Å²) < 4.78 is 31.1. The van der Waals surface area contributed by atoms with Gasteiger partial charge in [-0.1, -0.05) is 0 Å². The lowest BCUT2D eigenvalue weighted by Crippen LogP contribution is -2.05. The molecule has 0 saturated carbocycles. The monoisotopic (exact) mass is 297 g/mol. The predicted octanol–water partition coefficient (Wildman–Crippen LogP) is 3.58. The summed E-state index contributed by atoms with van der Waals surface area (Å²) in [5.41, 5.74) is 1.11. The van der Waals surface area contributed by atoms with Crippen LogP contribution in [0.25, 0.3) is 10.6 Å². The first-order valence-corrected chi connectivity index (χ1v) is 7.03. The van der Waals surface area contributed by atoms with Gasteiger partial charge >= 0.3 is 5.97 Å². The van der Waals surface area contributed by atoms with Crippen LogP contribution in [0.5, 0.6) is 0 Å². The smallest absolute Gasteiger partial charge is 0.306 e. The minimum absolute atomic E-state index is 0.245. The van der Waals surface area contributed by atoms with E-state index < -0.39 is 11.6 Å². The van der Waals surface area contributed by atoms with E-state index in [1.54, 1.807) is 12.3 Å². The van der Waals surface area contributed by atoms with Crippen LogP contribution in [-0.4, -0.2) is 17.6 Å². The van der Waals surface area contributed by atoms with Gasteiger partial charge in [-0.05, 0) is 19.1 Å². The number of carbonyl (C=O) groups is 1. The fraction of sp³-hybridized carbons (Fsp3) is 0.286. The fourth-order valence-electron chi connectivity index (χ4n) is 1.69. The van der Waals surface area contributed by atoms with Crippen molar-refractivity contribution in [3.8, 4) is 10.6 Å². The molecule has 106 valence electrons. The molecule has 0 fully saturated rings. The van der Waals surface area contributed by atoms with Crippen LogP contribution < -0.4 is 0 Å². The molecule has 0 aliphatic carbocycles. The number of rotatable bonds is 5. The van der Waals surface area contributed by atoms with E-state index in [1.165, 1.54) is 23.5 Å². The number of benzene rings is 1. The van der Waals surface area contributed by atoms with E-state index >= 15 is 0 Å². The second kappa shape index (κ2) is 6.56. The molecule has 2 aromatic rings. The number of hydrogen-bond donors (Lipinski definition) is 0. The van der Waals surface area contributed by atoms with Gasteiger partial charge in [-0.2, -0.15) is 0 Å². The van der Waals surface area contributed by atoms with Gasteiger partial charge in [0.1, 0.15) is 16.6 Å². The number of ether oxygens (including phenoxy) is 1. The van der Waals surface area contributed by atoms with Crippen molar-refractivity contribution in [1.82, 2.24) is 4.98 Å². The number of aromatic nitrogens is 1. The molecule has 0 atom stereocenters. The van der Waals surface area contributed by atoms with E-state index in [2.05, 4.69) is 4.98 Å². The molecule has 3 nitrogen and oxygen atoms in total. The molecule has 20 heavy (non-hydrogen) atoms. The normalized spacial score (nSPS) is 10.6. The molecule has 0 amide bonds. The molecule has 1 aromatic heterocycles. The highest BCUT2D eigenvalue weighted by atomic mass is 32.1. The molecule has 0 bridgehead atoms. The van der Waals surface area contributed by atoms with Gasteiger partial charge in [0.05, 0.1) is 18.7 Å². The van der Waals surface area contributed by atoms with E-state index in [1.807, 2.05) is 0 Å². The Morgan fingerprint density at radius 2 is 2.00 bits per heavy atom. The first-order chi connectivity index (χ1) is 9.58. The summed E-state index contributed by atoms with van der Waals surface area (Å²) in [7, 11) is 0. The number of halogens is 2. The van der Waals surface area contributed by atoms with Crippen LogP contribution in [-0.2, 0) is 16.0 Å². The molecular formula is C14H13F2NO2S. The van der Waals surface area contributed by atoms with Crippen molar-refractivity contribution in [1.29, 1.82) is 0 Å². The zero-order chi connectivity index (χ0) is 14.5. The van der Waals surface area contributed by atoms with Crippen LogP contribution in [0.4, 0.5) is 8.78 Å². The summed E-state index contributed by atoms with van der Waals surface area (Å²) >= 11 is 1.29. The Hall–Kier alpha value is -1.82. The molecule has 1 heterocycles.